The van der Waals surface area contributed by atoms with Crippen LogP contribution in [0.25, 0.3) is 0 Å². The molecule has 0 aromatic heterocycles. The molecule has 0 aliphatic rings. The Bertz CT molecular complexity index is 612. The molecule has 0 atom stereocenters. The Morgan fingerprint density at radius 2 is 1.86 bits per heavy atom. The van der Waals surface area contributed by atoms with Crippen LogP contribution in [0, 0.1) is 0 Å². The number of ether oxygens (including phenoxy) is 2. The van der Waals surface area contributed by atoms with Crippen molar-refractivity contribution in [3.8, 4) is 11.5 Å². The van der Waals surface area contributed by atoms with Gasteiger partial charge in [-0.15, -0.1) is 11.6 Å². The zero-order valence-electron chi connectivity index (χ0n) is 11.8. The summed E-state index contributed by atoms with van der Waals surface area (Å²) in [5.74, 6) is 2.19. The van der Waals surface area contributed by atoms with Gasteiger partial charge in [-0.2, -0.15) is 0 Å². The van der Waals surface area contributed by atoms with Crippen LogP contribution in [0.15, 0.2) is 53.5 Å². The molecule has 0 unspecified atom stereocenters. The standard InChI is InChI=1S/C16H17ClN2O2/c1-20-14-5-7-15(8-6-14)21-11-12-3-2-4-13(9-12)19-16(18)10-17/h2-9H,10-11H2,1H3,(H2,18,19). The van der Waals surface area contributed by atoms with Crippen molar-refractivity contribution in [1.82, 2.24) is 0 Å². The highest BCUT2D eigenvalue weighted by Crippen LogP contribution is 2.19. The number of rotatable bonds is 6. The summed E-state index contributed by atoms with van der Waals surface area (Å²) in [6.45, 7) is 0.455. The van der Waals surface area contributed by atoms with Crippen LogP contribution in [-0.4, -0.2) is 18.8 Å². The van der Waals surface area contributed by atoms with Crippen molar-refractivity contribution < 1.29 is 9.47 Å². The van der Waals surface area contributed by atoms with Crippen LogP contribution in [0.4, 0.5) is 5.69 Å². The first-order chi connectivity index (χ1) is 10.2. The largest absolute Gasteiger partial charge is 0.497 e. The molecule has 2 aromatic carbocycles. The molecule has 21 heavy (non-hydrogen) atoms. The Morgan fingerprint density at radius 3 is 2.52 bits per heavy atom. The number of hydrogen-bond acceptors (Lipinski definition) is 3. The average molecular weight is 305 g/mol. The lowest BCUT2D eigenvalue weighted by atomic mass is 10.2. The lowest BCUT2D eigenvalue weighted by Gasteiger charge is -2.07. The fraction of sp³-hybridized carbons (Fsp3) is 0.188. The Kier molecular flexibility index (Phi) is 5.46. The third-order valence-corrected chi connectivity index (χ3v) is 3.06. The Balaban J connectivity index is 2.01. The third-order valence-electron chi connectivity index (χ3n) is 2.79. The first-order valence-corrected chi connectivity index (χ1v) is 6.99. The van der Waals surface area contributed by atoms with Gasteiger partial charge in [0.1, 0.15) is 23.9 Å². The molecule has 0 spiro atoms. The van der Waals surface area contributed by atoms with Crippen LogP contribution < -0.4 is 15.2 Å². The number of hydrogen-bond donors (Lipinski definition) is 1. The van der Waals surface area contributed by atoms with Gasteiger partial charge in [0.15, 0.2) is 0 Å². The molecule has 0 saturated carbocycles. The number of nitrogens with zero attached hydrogens (tertiary/aromatic N) is 1. The highest BCUT2D eigenvalue weighted by Gasteiger charge is 1.99. The van der Waals surface area contributed by atoms with Crippen molar-refractivity contribution in [2.75, 3.05) is 13.0 Å². The number of amidine groups is 1. The number of aliphatic imine (C=N–C) groups is 1. The van der Waals surface area contributed by atoms with E-state index in [0.29, 0.717) is 12.4 Å². The number of methoxy groups -OCH3 is 1. The summed E-state index contributed by atoms with van der Waals surface area (Å²) in [4.78, 5) is 4.21. The van der Waals surface area contributed by atoms with Crippen molar-refractivity contribution in [1.29, 1.82) is 0 Å². The Morgan fingerprint density at radius 1 is 1.14 bits per heavy atom. The second-order valence-electron chi connectivity index (χ2n) is 4.37. The second kappa shape index (κ2) is 7.55. The van der Waals surface area contributed by atoms with Gasteiger partial charge in [0, 0.05) is 0 Å². The minimum absolute atomic E-state index is 0.215. The summed E-state index contributed by atoms with van der Waals surface area (Å²) in [6, 6.07) is 15.1. The lowest BCUT2D eigenvalue weighted by Crippen LogP contribution is -2.12. The van der Waals surface area contributed by atoms with E-state index in [0.717, 1.165) is 22.7 Å². The first kappa shape index (κ1) is 15.2. The highest BCUT2D eigenvalue weighted by atomic mass is 35.5. The van der Waals surface area contributed by atoms with E-state index in [1.165, 1.54) is 0 Å². The molecule has 2 aromatic rings. The van der Waals surface area contributed by atoms with Crippen LogP contribution in [-0.2, 0) is 6.61 Å². The monoisotopic (exact) mass is 304 g/mol. The van der Waals surface area contributed by atoms with Gasteiger partial charge in [-0.1, -0.05) is 12.1 Å². The van der Waals surface area contributed by atoms with Crippen LogP contribution >= 0.6 is 11.6 Å². The summed E-state index contributed by atoms with van der Waals surface area (Å²) in [7, 11) is 1.63. The summed E-state index contributed by atoms with van der Waals surface area (Å²) in [5.41, 5.74) is 7.40. The number of halogens is 1. The predicted octanol–water partition coefficient (Wildman–Crippen LogP) is 3.50. The Hall–Kier alpha value is -2.20. The maximum absolute atomic E-state index is 5.72. The maximum Gasteiger partial charge on any atom is 0.120 e. The van der Waals surface area contributed by atoms with Gasteiger partial charge >= 0.3 is 0 Å². The minimum Gasteiger partial charge on any atom is -0.497 e. The fourth-order valence-corrected chi connectivity index (χ4v) is 1.81. The minimum atomic E-state index is 0.215. The van der Waals surface area contributed by atoms with Gasteiger partial charge in [0.2, 0.25) is 0 Å². The van der Waals surface area contributed by atoms with E-state index >= 15 is 0 Å². The molecule has 0 bridgehead atoms. The quantitative estimate of drug-likeness (QED) is 0.505. The predicted molar refractivity (Wildman–Crippen MR) is 85.8 cm³/mol. The smallest absolute Gasteiger partial charge is 0.120 e. The molecule has 0 heterocycles. The molecule has 4 nitrogen and oxygen atoms in total. The molecule has 2 N–H and O–H groups in total. The van der Waals surface area contributed by atoms with Crippen molar-refractivity contribution in [2.45, 2.75) is 6.61 Å². The van der Waals surface area contributed by atoms with Gasteiger partial charge in [-0.25, -0.2) is 4.99 Å². The molecule has 0 saturated heterocycles. The average Bonchev–Trinajstić information content (AvgIpc) is 2.53. The second-order valence-corrected chi connectivity index (χ2v) is 4.64. The zero-order chi connectivity index (χ0) is 15.1. The van der Waals surface area contributed by atoms with Gasteiger partial charge in [0.05, 0.1) is 18.7 Å². The molecule has 110 valence electrons. The van der Waals surface area contributed by atoms with E-state index in [1.54, 1.807) is 7.11 Å². The summed E-state index contributed by atoms with van der Waals surface area (Å²) < 4.78 is 10.8. The SMILES string of the molecule is COc1ccc(OCc2cccc(N=C(N)CCl)c2)cc1. The van der Waals surface area contributed by atoms with E-state index in [9.17, 15) is 0 Å². The van der Waals surface area contributed by atoms with Gasteiger partial charge in [-0.05, 0) is 42.0 Å². The molecule has 2 rings (SSSR count). The molecular formula is C16H17ClN2O2. The maximum atomic E-state index is 5.72. The molecular weight excluding hydrogens is 288 g/mol. The zero-order valence-corrected chi connectivity index (χ0v) is 12.5. The van der Waals surface area contributed by atoms with Crippen LogP contribution in [0.3, 0.4) is 0 Å². The van der Waals surface area contributed by atoms with Crippen molar-refractivity contribution >= 4 is 23.1 Å². The molecule has 0 fully saturated rings. The Labute approximate surface area is 129 Å². The van der Waals surface area contributed by atoms with E-state index < -0.39 is 0 Å². The lowest BCUT2D eigenvalue weighted by molar-refractivity contribution is 0.305. The number of alkyl halides is 1. The topological polar surface area (TPSA) is 56.8 Å². The van der Waals surface area contributed by atoms with E-state index in [4.69, 9.17) is 26.8 Å². The third kappa shape index (κ3) is 4.68. The van der Waals surface area contributed by atoms with Crippen molar-refractivity contribution in [3.05, 3.63) is 54.1 Å². The van der Waals surface area contributed by atoms with Crippen LogP contribution in [0.5, 0.6) is 11.5 Å². The van der Waals surface area contributed by atoms with E-state index in [-0.39, 0.29) is 5.88 Å². The number of nitrogens with two attached hydrogens (primary N) is 1. The van der Waals surface area contributed by atoms with Gasteiger partial charge in [0.25, 0.3) is 0 Å². The highest BCUT2D eigenvalue weighted by molar-refractivity contribution is 6.28. The normalized spacial score (nSPS) is 11.2. The number of benzene rings is 2. The van der Waals surface area contributed by atoms with E-state index in [2.05, 4.69) is 4.99 Å². The molecule has 0 radical (unpaired) electrons. The fourth-order valence-electron chi connectivity index (χ4n) is 1.75. The summed E-state index contributed by atoms with van der Waals surface area (Å²) in [5, 5.41) is 0. The van der Waals surface area contributed by atoms with Crippen molar-refractivity contribution in [3.63, 3.8) is 0 Å². The molecule has 0 aliphatic heterocycles. The van der Waals surface area contributed by atoms with Crippen LogP contribution in [0.2, 0.25) is 0 Å². The molecule has 0 amide bonds. The van der Waals surface area contributed by atoms with E-state index in [1.807, 2.05) is 48.5 Å². The van der Waals surface area contributed by atoms with Crippen LogP contribution in [0.1, 0.15) is 5.56 Å². The van der Waals surface area contributed by atoms with Gasteiger partial charge < -0.3 is 15.2 Å². The summed E-state index contributed by atoms with van der Waals surface area (Å²) in [6.07, 6.45) is 0. The van der Waals surface area contributed by atoms with Crippen molar-refractivity contribution in [2.24, 2.45) is 10.7 Å². The first-order valence-electron chi connectivity index (χ1n) is 6.46. The summed E-state index contributed by atoms with van der Waals surface area (Å²) >= 11 is 5.62. The van der Waals surface area contributed by atoms with Gasteiger partial charge in [-0.3, -0.25) is 0 Å². The molecule has 0 aliphatic carbocycles. The molecule has 5 heteroatoms.